The number of carboxylic acids is 1. The number of aryl methyl sites for hydroxylation is 1. The fourth-order valence-corrected chi connectivity index (χ4v) is 2.20. The maximum Gasteiger partial charge on any atom is 0.335 e. The standard InChI is InChI=1S/C16H16ClNO2/c1-10-6-7-13(16(19)20)9-15(10)18-11(2)12-4-3-5-14(17)8-12/h3-9,11,18H,1-2H3,(H,19,20). The minimum absolute atomic E-state index is 0.0384. The number of aromatic carboxylic acids is 1. The summed E-state index contributed by atoms with van der Waals surface area (Å²) in [6, 6.07) is 12.7. The lowest BCUT2D eigenvalue weighted by atomic mass is 10.1. The molecule has 1 atom stereocenters. The van der Waals surface area contributed by atoms with Gasteiger partial charge >= 0.3 is 5.97 Å². The van der Waals surface area contributed by atoms with Gasteiger partial charge in [-0.25, -0.2) is 4.79 Å². The van der Waals surface area contributed by atoms with E-state index in [4.69, 9.17) is 16.7 Å². The molecule has 0 heterocycles. The van der Waals surface area contributed by atoms with Gasteiger partial charge in [0.05, 0.1) is 5.56 Å². The number of hydrogen-bond donors (Lipinski definition) is 2. The second kappa shape index (κ2) is 5.97. The van der Waals surface area contributed by atoms with E-state index in [1.54, 1.807) is 18.2 Å². The fourth-order valence-electron chi connectivity index (χ4n) is 2.00. The average molecular weight is 290 g/mol. The lowest BCUT2D eigenvalue weighted by Crippen LogP contribution is -2.09. The maximum atomic E-state index is 11.0. The number of carbonyl (C=O) groups is 1. The molecule has 20 heavy (non-hydrogen) atoms. The van der Waals surface area contributed by atoms with Crippen molar-refractivity contribution in [3.8, 4) is 0 Å². The molecule has 0 saturated heterocycles. The van der Waals surface area contributed by atoms with Crippen molar-refractivity contribution in [3.05, 3.63) is 64.2 Å². The summed E-state index contributed by atoms with van der Waals surface area (Å²) in [7, 11) is 0. The largest absolute Gasteiger partial charge is 0.478 e. The highest BCUT2D eigenvalue weighted by Gasteiger charge is 2.10. The Kier molecular flexibility index (Phi) is 4.30. The molecule has 0 spiro atoms. The number of halogens is 1. The van der Waals surface area contributed by atoms with Crippen molar-refractivity contribution in [1.29, 1.82) is 0 Å². The molecule has 0 amide bonds. The van der Waals surface area contributed by atoms with Gasteiger partial charge in [-0.2, -0.15) is 0 Å². The first-order valence-corrected chi connectivity index (χ1v) is 6.71. The van der Waals surface area contributed by atoms with Crippen LogP contribution in [-0.2, 0) is 0 Å². The third-order valence-electron chi connectivity index (χ3n) is 3.21. The molecule has 0 radical (unpaired) electrons. The van der Waals surface area contributed by atoms with E-state index in [-0.39, 0.29) is 11.6 Å². The van der Waals surface area contributed by atoms with Gasteiger partial charge < -0.3 is 10.4 Å². The van der Waals surface area contributed by atoms with E-state index >= 15 is 0 Å². The molecule has 1 unspecified atom stereocenters. The molecule has 104 valence electrons. The Balaban J connectivity index is 2.25. The van der Waals surface area contributed by atoms with Crippen LogP contribution in [0.5, 0.6) is 0 Å². The molecule has 2 aromatic rings. The van der Waals surface area contributed by atoms with Crippen LogP contribution in [0.4, 0.5) is 5.69 Å². The monoisotopic (exact) mass is 289 g/mol. The van der Waals surface area contributed by atoms with Crippen LogP contribution in [0.2, 0.25) is 5.02 Å². The van der Waals surface area contributed by atoms with Gasteiger partial charge in [0.15, 0.2) is 0 Å². The van der Waals surface area contributed by atoms with Crippen molar-refractivity contribution in [1.82, 2.24) is 0 Å². The van der Waals surface area contributed by atoms with Crippen LogP contribution >= 0.6 is 11.6 Å². The number of hydrogen-bond acceptors (Lipinski definition) is 2. The number of benzene rings is 2. The Bertz CT molecular complexity index is 640. The van der Waals surface area contributed by atoms with Gasteiger partial charge in [0, 0.05) is 16.8 Å². The Labute approximate surface area is 123 Å². The van der Waals surface area contributed by atoms with Crippen LogP contribution < -0.4 is 5.32 Å². The summed E-state index contributed by atoms with van der Waals surface area (Å²) >= 11 is 5.98. The summed E-state index contributed by atoms with van der Waals surface area (Å²) in [6.07, 6.45) is 0. The molecule has 0 saturated carbocycles. The average Bonchev–Trinajstić information content (AvgIpc) is 2.41. The topological polar surface area (TPSA) is 49.3 Å². The van der Waals surface area contributed by atoms with Crippen LogP contribution in [0, 0.1) is 6.92 Å². The van der Waals surface area contributed by atoms with Gasteiger partial charge in [-0.1, -0.05) is 29.8 Å². The molecule has 0 fully saturated rings. The highest BCUT2D eigenvalue weighted by molar-refractivity contribution is 6.30. The summed E-state index contributed by atoms with van der Waals surface area (Å²) in [6.45, 7) is 3.96. The van der Waals surface area contributed by atoms with Gasteiger partial charge in [0.25, 0.3) is 0 Å². The van der Waals surface area contributed by atoms with Gasteiger partial charge in [-0.15, -0.1) is 0 Å². The second-order valence-electron chi connectivity index (χ2n) is 4.76. The van der Waals surface area contributed by atoms with E-state index in [1.807, 2.05) is 38.1 Å². The fraction of sp³-hybridized carbons (Fsp3) is 0.188. The van der Waals surface area contributed by atoms with Crippen molar-refractivity contribution in [2.45, 2.75) is 19.9 Å². The Morgan fingerprint density at radius 3 is 2.65 bits per heavy atom. The number of rotatable bonds is 4. The van der Waals surface area contributed by atoms with Crippen molar-refractivity contribution < 1.29 is 9.90 Å². The summed E-state index contributed by atoms with van der Waals surface area (Å²) in [5.74, 6) is -0.927. The van der Waals surface area contributed by atoms with E-state index in [0.29, 0.717) is 5.02 Å². The second-order valence-corrected chi connectivity index (χ2v) is 5.19. The third-order valence-corrected chi connectivity index (χ3v) is 3.44. The smallest absolute Gasteiger partial charge is 0.335 e. The van der Waals surface area contributed by atoms with Gasteiger partial charge in [0.2, 0.25) is 0 Å². The van der Waals surface area contributed by atoms with Crippen molar-refractivity contribution in [3.63, 3.8) is 0 Å². The maximum absolute atomic E-state index is 11.0. The van der Waals surface area contributed by atoms with E-state index in [1.165, 1.54) is 0 Å². The van der Waals surface area contributed by atoms with Gasteiger partial charge in [0.1, 0.15) is 0 Å². The zero-order valence-corrected chi connectivity index (χ0v) is 12.1. The Hall–Kier alpha value is -2.00. The minimum atomic E-state index is -0.927. The van der Waals surface area contributed by atoms with Crippen molar-refractivity contribution >= 4 is 23.3 Å². The SMILES string of the molecule is Cc1ccc(C(=O)O)cc1NC(C)c1cccc(Cl)c1. The molecule has 2 aromatic carbocycles. The molecular formula is C16H16ClNO2. The van der Waals surface area contributed by atoms with Crippen molar-refractivity contribution in [2.24, 2.45) is 0 Å². The predicted molar refractivity (Wildman–Crippen MR) is 81.6 cm³/mol. The third kappa shape index (κ3) is 3.31. The number of nitrogens with one attached hydrogen (secondary N) is 1. The zero-order chi connectivity index (χ0) is 14.7. The molecule has 3 nitrogen and oxygen atoms in total. The molecule has 0 aromatic heterocycles. The van der Waals surface area contributed by atoms with E-state index in [0.717, 1.165) is 16.8 Å². The molecule has 0 aliphatic heterocycles. The Morgan fingerprint density at radius 1 is 1.25 bits per heavy atom. The zero-order valence-electron chi connectivity index (χ0n) is 11.4. The van der Waals surface area contributed by atoms with Gasteiger partial charge in [-0.05, 0) is 49.2 Å². The lowest BCUT2D eigenvalue weighted by Gasteiger charge is -2.18. The molecule has 2 rings (SSSR count). The molecule has 0 bridgehead atoms. The van der Waals surface area contributed by atoms with E-state index in [9.17, 15) is 4.79 Å². The lowest BCUT2D eigenvalue weighted by molar-refractivity contribution is 0.0697. The van der Waals surface area contributed by atoms with Crippen molar-refractivity contribution in [2.75, 3.05) is 5.32 Å². The summed E-state index contributed by atoms with van der Waals surface area (Å²) in [4.78, 5) is 11.0. The molecule has 0 aliphatic rings. The van der Waals surface area contributed by atoms with Crippen LogP contribution in [0.15, 0.2) is 42.5 Å². The van der Waals surface area contributed by atoms with E-state index in [2.05, 4.69) is 5.32 Å². The van der Waals surface area contributed by atoms with Crippen LogP contribution in [0.3, 0.4) is 0 Å². The van der Waals surface area contributed by atoms with Gasteiger partial charge in [-0.3, -0.25) is 0 Å². The summed E-state index contributed by atoms with van der Waals surface area (Å²) in [5.41, 5.74) is 3.15. The number of anilines is 1. The molecule has 0 aliphatic carbocycles. The normalized spacial score (nSPS) is 11.9. The first-order valence-electron chi connectivity index (χ1n) is 6.33. The molecular weight excluding hydrogens is 274 g/mol. The highest BCUT2D eigenvalue weighted by atomic mass is 35.5. The molecule has 2 N–H and O–H groups in total. The van der Waals surface area contributed by atoms with Crippen LogP contribution in [0.1, 0.15) is 34.5 Å². The molecule has 4 heteroatoms. The van der Waals surface area contributed by atoms with Crippen LogP contribution in [-0.4, -0.2) is 11.1 Å². The summed E-state index contributed by atoms with van der Waals surface area (Å²) < 4.78 is 0. The quantitative estimate of drug-likeness (QED) is 0.870. The first kappa shape index (κ1) is 14.4. The minimum Gasteiger partial charge on any atom is -0.478 e. The predicted octanol–water partition coefficient (Wildman–Crippen LogP) is 4.52. The number of carboxylic acid groups (broad SMARTS) is 1. The van der Waals surface area contributed by atoms with E-state index < -0.39 is 5.97 Å². The Morgan fingerprint density at radius 2 is 2.00 bits per heavy atom. The summed E-state index contributed by atoms with van der Waals surface area (Å²) in [5, 5.41) is 13.1. The first-order chi connectivity index (χ1) is 9.47. The highest BCUT2D eigenvalue weighted by Crippen LogP contribution is 2.24. The van der Waals surface area contributed by atoms with Crippen LogP contribution in [0.25, 0.3) is 0 Å².